The van der Waals surface area contributed by atoms with E-state index < -0.39 is 0 Å². The number of nitrogens with zero attached hydrogens (tertiary/aromatic N) is 1. The largest absolute Gasteiger partial charge is 0.358 e. The number of hydrogen-bond donors (Lipinski definition) is 1. The lowest BCUT2D eigenvalue weighted by atomic mass is 10.1. The molecule has 0 aliphatic heterocycles. The van der Waals surface area contributed by atoms with Gasteiger partial charge in [0.25, 0.3) is 0 Å². The molecule has 1 aromatic carbocycles. The van der Waals surface area contributed by atoms with E-state index in [4.69, 9.17) is 0 Å². The molecule has 2 amide bonds. The zero-order valence-corrected chi connectivity index (χ0v) is 13.3. The van der Waals surface area contributed by atoms with E-state index in [9.17, 15) is 9.59 Å². The van der Waals surface area contributed by atoms with Crippen molar-refractivity contribution in [1.82, 2.24) is 10.2 Å². The molecule has 0 unspecified atom stereocenters. The highest BCUT2D eigenvalue weighted by atomic mass is 79.9. The van der Waals surface area contributed by atoms with Crippen molar-refractivity contribution in [3.05, 3.63) is 34.3 Å². The van der Waals surface area contributed by atoms with Crippen molar-refractivity contribution >= 4 is 27.7 Å². The van der Waals surface area contributed by atoms with Crippen LogP contribution in [0.3, 0.4) is 0 Å². The fraction of sp³-hybridized carbons (Fsp3) is 0.467. The fourth-order valence-electron chi connectivity index (χ4n) is 2.38. The second kappa shape index (κ2) is 6.39. The monoisotopic (exact) mass is 338 g/mol. The van der Waals surface area contributed by atoms with Gasteiger partial charge in [-0.3, -0.25) is 9.59 Å². The third kappa shape index (κ3) is 3.39. The molecule has 0 radical (unpaired) electrons. The summed E-state index contributed by atoms with van der Waals surface area (Å²) in [5.74, 6) is 0.292. The van der Waals surface area contributed by atoms with E-state index in [1.807, 2.05) is 19.1 Å². The first kappa shape index (κ1) is 15.0. The number of carbonyl (C=O) groups excluding carboxylic acids is 2. The third-order valence-electron chi connectivity index (χ3n) is 3.71. The van der Waals surface area contributed by atoms with Crippen LogP contribution in [-0.2, 0) is 9.59 Å². The first-order valence-electron chi connectivity index (χ1n) is 6.81. The van der Waals surface area contributed by atoms with Crippen LogP contribution in [0.2, 0.25) is 0 Å². The Morgan fingerprint density at radius 2 is 2.00 bits per heavy atom. The predicted molar refractivity (Wildman–Crippen MR) is 81.3 cm³/mol. The van der Waals surface area contributed by atoms with Gasteiger partial charge in [-0.05, 0) is 37.0 Å². The molecule has 0 bridgehead atoms. The molecule has 0 heterocycles. The van der Waals surface area contributed by atoms with Gasteiger partial charge in [0.05, 0.1) is 6.54 Å². The van der Waals surface area contributed by atoms with Gasteiger partial charge in [-0.2, -0.15) is 0 Å². The molecule has 0 saturated heterocycles. The van der Waals surface area contributed by atoms with Crippen LogP contribution < -0.4 is 5.32 Å². The van der Waals surface area contributed by atoms with Gasteiger partial charge < -0.3 is 10.2 Å². The molecule has 1 aliphatic rings. The summed E-state index contributed by atoms with van der Waals surface area (Å²) in [4.78, 5) is 25.4. The Balaban J connectivity index is 1.97. The second-order valence-electron chi connectivity index (χ2n) is 5.03. The number of rotatable bonds is 5. The Kier molecular flexibility index (Phi) is 4.81. The highest BCUT2D eigenvalue weighted by Gasteiger charge is 2.45. The Labute approximate surface area is 127 Å². The zero-order valence-electron chi connectivity index (χ0n) is 11.7. The molecule has 1 fully saturated rings. The highest BCUT2D eigenvalue weighted by Crippen LogP contribution is 2.48. The van der Waals surface area contributed by atoms with E-state index in [1.54, 1.807) is 11.9 Å². The quantitative estimate of drug-likeness (QED) is 0.894. The maximum atomic E-state index is 12.4. The summed E-state index contributed by atoms with van der Waals surface area (Å²) < 4.78 is 1.04. The second-order valence-corrected chi connectivity index (χ2v) is 5.94. The van der Waals surface area contributed by atoms with Crippen LogP contribution in [-0.4, -0.2) is 36.9 Å². The standard InChI is InChI=1S/C15H19BrN2O2/c1-3-18(9-14(19)17-2)15(20)13-8-12(13)10-4-6-11(16)7-5-10/h4-7,12-13H,3,8-9H2,1-2H3,(H,17,19)/t12-,13+/m1/s1. The topological polar surface area (TPSA) is 49.4 Å². The molecular formula is C15H19BrN2O2. The van der Waals surface area contributed by atoms with E-state index in [0.29, 0.717) is 12.5 Å². The van der Waals surface area contributed by atoms with Gasteiger partial charge in [-0.25, -0.2) is 0 Å². The minimum Gasteiger partial charge on any atom is -0.358 e. The fourth-order valence-corrected chi connectivity index (χ4v) is 2.64. The van der Waals surface area contributed by atoms with Crippen molar-refractivity contribution in [1.29, 1.82) is 0 Å². The molecule has 2 rings (SSSR count). The molecular weight excluding hydrogens is 320 g/mol. The van der Waals surface area contributed by atoms with Crippen LogP contribution in [0.4, 0.5) is 0 Å². The van der Waals surface area contributed by atoms with Crippen LogP contribution in [0, 0.1) is 5.92 Å². The first-order valence-corrected chi connectivity index (χ1v) is 7.61. The summed E-state index contributed by atoms with van der Waals surface area (Å²) >= 11 is 3.41. The lowest BCUT2D eigenvalue weighted by Crippen LogP contribution is -2.40. The average Bonchev–Trinajstić information content (AvgIpc) is 3.25. The van der Waals surface area contributed by atoms with Gasteiger partial charge in [0.2, 0.25) is 11.8 Å². The molecule has 4 nitrogen and oxygen atoms in total. The van der Waals surface area contributed by atoms with Crippen LogP contribution in [0.5, 0.6) is 0 Å². The number of benzene rings is 1. The Hall–Kier alpha value is -1.36. The normalized spacial score (nSPS) is 20.4. The minimum atomic E-state index is -0.124. The SMILES string of the molecule is CCN(CC(=O)NC)C(=O)[C@H]1C[C@@H]1c1ccc(Br)cc1. The van der Waals surface area contributed by atoms with Crippen molar-refractivity contribution in [3.8, 4) is 0 Å². The van der Waals surface area contributed by atoms with Gasteiger partial charge in [-0.15, -0.1) is 0 Å². The lowest BCUT2D eigenvalue weighted by molar-refractivity contribution is -0.136. The van der Waals surface area contributed by atoms with Gasteiger partial charge in [0, 0.05) is 24.0 Å². The first-order chi connectivity index (χ1) is 9.56. The van der Waals surface area contributed by atoms with E-state index in [1.165, 1.54) is 5.56 Å². The zero-order chi connectivity index (χ0) is 14.7. The molecule has 2 atom stereocenters. The number of nitrogens with one attached hydrogen (secondary N) is 1. The van der Waals surface area contributed by atoms with Crippen molar-refractivity contribution in [2.24, 2.45) is 5.92 Å². The smallest absolute Gasteiger partial charge is 0.239 e. The average molecular weight is 339 g/mol. The number of halogens is 1. The van der Waals surface area contributed by atoms with Crippen molar-refractivity contribution in [2.75, 3.05) is 20.1 Å². The minimum absolute atomic E-state index is 0.0285. The van der Waals surface area contributed by atoms with E-state index in [-0.39, 0.29) is 24.3 Å². The van der Waals surface area contributed by atoms with Gasteiger partial charge in [0.15, 0.2) is 0 Å². The summed E-state index contributed by atoms with van der Waals surface area (Å²) in [5.41, 5.74) is 1.20. The summed E-state index contributed by atoms with van der Waals surface area (Å²) in [6.07, 6.45) is 0.880. The van der Waals surface area contributed by atoms with Gasteiger partial charge in [0.1, 0.15) is 0 Å². The summed E-state index contributed by atoms with van der Waals surface area (Å²) in [6, 6.07) is 8.10. The Morgan fingerprint density at radius 3 is 2.55 bits per heavy atom. The van der Waals surface area contributed by atoms with Gasteiger partial charge in [-0.1, -0.05) is 28.1 Å². The van der Waals surface area contributed by atoms with Crippen molar-refractivity contribution < 1.29 is 9.59 Å². The molecule has 1 aromatic rings. The highest BCUT2D eigenvalue weighted by molar-refractivity contribution is 9.10. The number of amides is 2. The van der Waals surface area contributed by atoms with Crippen molar-refractivity contribution in [2.45, 2.75) is 19.3 Å². The molecule has 1 N–H and O–H groups in total. The number of likely N-dealkylation sites (N-methyl/N-ethyl adjacent to an activating group) is 2. The third-order valence-corrected chi connectivity index (χ3v) is 4.24. The predicted octanol–water partition coefficient (Wildman–Crippen LogP) is 2.15. The van der Waals surface area contributed by atoms with E-state index in [2.05, 4.69) is 33.4 Å². The summed E-state index contributed by atoms with van der Waals surface area (Å²) in [5, 5.41) is 2.56. The molecule has 108 valence electrons. The molecule has 0 aromatic heterocycles. The Bertz CT molecular complexity index is 501. The van der Waals surface area contributed by atoms with Crippen molar-refractivity contribution in [3.63, 3.8) is 0 Å². The number of hydrogen-bond acceptors (Lipinski definition) is 2. The van der Waals surface area contributed by atoms with Crippen LogP contribution in [0.25, 0.3) is 0 Å². The Morgan fingerprint density at radius 1 is 1.35 bits per heavy atom. The molecule has 1 aliphatic carbocycles. The molecule has 5 heteroatoms. The van der Waals surface area contributed by atoms with Crippen LogP contribution in [0.15, 0.2) is 28.7 Å². The molecule has 1 saturated carbocycles. The van der Waals surface area contributed by atoms with Crippen LogP contribution >= 0.6 is 15.9 Å². The molecule has 20 heavy (non-hydrogen) atoms. The van der Waals surface area contributed by atoms with Crippen LogP contribution in [0.1, 0.15) is 24.8 Å². The summed E-state index contributed by atoms with van der Waals surface area (Å²) in [7, 11) is 1.59. The van der Waals surface area contributed by atoms with E-state index in [0.717, 1.165) is 10.9 Å². The van der Waals surface area contributed by atoms with E-state index >= 15 is 0 Å². The maximum absolute atomic E-state index is 12.4. The van der Waals surface area contributed by atoms with Gasteiger partial charge >= 0.3 is 0 Å². The summed E-state index contributed by atoms with van der Waals surface area (Å²) in [6.45, 7) is 2.61. The number of carbonyl (C=O) groups is 2. The maximum Gasteiger partial charge on any atom is 0.239 e. The molecule has 0 spiro atoms. The lowest BCUT2D eigenvalue weighted by Gasteiger charge is -2.20.